The number of aliphatic carboxylic acids is 1. The molecule has 0 radical (unpaired) electrons. The highest BCUT2D eigenvalue weighted by molar-refractivity contribution is 6.82. The normalized spacial score (nSPS) is 16.3. The summed E-state index contributed by atoms with van der Waals surface area (Å²) in [5.41, 5.74) is 0. The maximum Gasteiger partial charge on any atom is 0.310 e. The molecule has 0 aromatic carbocycles. The predicted molar refractivity (Wildman–Crippen MR) is 178 cm³/mol. The molecule has 41 heavy (non-hydrogen) atoms. The summed E-state index contributed by atoms with van der Waals surface area (Å²) >= 11 is 0. The Morgan fingerprint density at radius 2 is 1.51 bits per heavy atom. The van der Waals surface area contributed by atoms with Gasteiger partial charge < -0.3 is 19.0 Å². The molecule has 0 aromatic rings. The van der Waals surface area contributed by atoms with Crippen LogP contribution in [0.3, 0.4) is 0 Å². The van der Waals surface area contributed by atoms with Gasteiger partial charge in [0.2, 0.25) is 0 Å². The number of carboxylic acids is 1. The third kappa shape index (κ3) is 14.4. The van der Waals surface area contributed by atoms with E-state index >= 15 is 0 Å². The van der Waals surface area contributed by atoms with Crippen LogP contribution in [0, 0.1) is 5.92 Å². The van der Waals surface area contributed by atoms with Crippen LogP contribution in [0.15, 0.2) is 12.2 Å². The monoisotopic (exact) mass is 614 g/mol. The van der Waals surface area contributed by atoms with E-state index in [1.165, 1.54) is 31.7 Å². The number of carbonyl (C=O) groups is 2. The second-order valence-electron chi connectivity index (χ2n) is 13.5. The number of hydrogen-bond acceptors (Lipinski definition) is 5. The number of carboxylic acid groups (broad SMARTS) is 1. The lowest BCUT2D eigenvalue weighted by molar-refractivity contribution is -0.151. The first-order chi connectivity index (χ1) is 19.1. The highest BCUT2D eigenvalue weighted by atomic mass is 28.4. The topological polar surface area (TPSA) is 82.1 Å². The average Bonchev–Trinajstić information content (AvgIpc) is 2.91. The molecule has 0 aliphatic heterocycles. The molecule has 1 N–H and O–H groups in total. The number of rotatable bonds is 25. The molecule has 0 amide bonds. The van der Waals surface area contributed by atoms with Gasteiger partial charge in [0.15, 0.2) is 8.32 Å². The summed E-state index contributed by atoms with van der Waals surface area (Å²) in [7, 11) is -3.60. The number of hydrogen-bond donors (Lipinski definition) is 1. The van der Waals surface area contributed by atoms with Gasteiger partial charge in [0.25, 0.3) is 0 Å². The molecule has 3 atom stereocenters. The smallest absolute Gasteiger partial charge is 0.310 e. The van der Waals surface area contributed by atoms with Crippen LogP contribution in [0.2, 0.25) is 37.3 Å². The fraction of sp³-hybridized carbons (Fsp3) is 0.879. The molecule has 0 spiro atoms. The summed E-state index contributed by atoms with van der Waals surface area (Å²) in [6.45, 7) is 24.7. The van der Waals surface area contributed by atoms with Crippen LogP contribution in [0.25, 0.3) is 0 Å². The zero-order valence-electron chi connectivity index (χ0n) is 28.5. The highest BCUT2D eigenvalue weighted by Crippen LogP contribution is 2.49. The van der Waals surface area contributed by atoms with Crippen LogP contribution >= 0.6 is 0 Å². The first-order valence-electron chi connectivity index (χ1n) is 16.5. The third-order valence-electron chi connectivity index (χ3n) is 9.78. The molecule has 0 aliphatic carbocycles. The number of esters is 1. The van der Waals surface area contributed by atoms with Crippen LogP contribution in [-0.4, -0.2) is 58.5 Å². The summed E-state index contributed by atoms with van der Waals surface area (Å²) in [5, 5.41) is 9.56. The van der Waals surface area contributed by atoms with E-state index in [1.807, 2.05) is 6.08 Å². The van der Waals surface area contributed by atoms with Gasteiger partial charge in [-0.1, -0.05) is 104 Å². The largest absolute Gasteiger partial charge is 0.481 e. The fourth-order valence-corrected chi connectivity index (χ4v) is 13.2. The molecule has 0 aromatic heterocycles. The minimum absolute atomic E-state index is 0.0151. The van der Waals surface area contributed by atoms with Gasteiger partial charge in [-0.05, 0) is 57.2 Å². The first kappa shape index (κ1) is 40.0. The number of carbonyl (C=O) groups excluding carboxylic acids is 1. The van der Waals surface area contributed by atoms with Crippen molar-refractivity contribution in [3.05, 3.63) is 12.2 Å². The average molecular weight is 615 g/mol. The van der Waals surface area contributed by atoms with E-state index in [0.717, 1.165) is 44.9 Å². The molecule has 0 heterocycles. The van der Waals surface area contributed by atoms with E-state index < -0.39 is 34.2 Å². The minimum atomic E-state index is -2.04. The molecule has 0 aliphatic rings. The molecular formula is C33H66O6Si2. The Morgan fingerprint density at radius 3 is 2.07 bits per heavy atom. The SMILES string of the molecule is CCCCCC/C=C/C(CC(=O)OCCOCCCC(C)(CC)[Si](C)(C)OC(C)(CC)[Si](C)(C)CCCC)C(=O)O. The lowest BCUT2D eigenvalue weighted by Gasteiger charge is -2.52. The summed E-state index contributed by atoms with van der Waals surface area (Å²) in [4.78, 5) is 23.7. The fourth-order valence-electron chi connectivity index (χ4n) is 5.47. The van der Waals surface area contributed by atoms with Crippen molar-refractivity contribution in [1.82, 2.24) is 0 Å². The van der Waals surface area contributed by atoms with Crippen molar-refractivity contribution in [3.63, 3.8) is 0 Å². The molecule has 0 bridgehead atoms. The van der Waals surface area contributed by atoms with E-state index in [-0.39, 0.29) is 23.3 Å². The van der Waals surface area contributed by atoms with E-state index in [4.69, 9.17) is 13.9 Å². The third-order valence-corrected chi connectivity index (χ3v) is 19.4. The summed E-state index contributed by atoms with van der Waals surface area (Å²) in [6, 6.07) is 1.31. The van der Waals surface area contributed by atoms with Crippen molar-refractivity contribution >= 4 is 28.3 Å². The summed E-state index contributed by atoms with van der Waals surface area (Å²) in [5.74, 6) is -2.33. The van der Waals surface area contributed by atoms with Crippen molar-refractivity contribution in [2.45, 2.75) is 161 Å². The van der Waals surface area contributed by atoms with Gasteiger partial charge in [-0.25, -0.2) is 0 Å². The summed E-state index contributed by atoms with van der Waals surface area (Å²) < 4.78 is 18.3. The second-order valence-corrected chi connectivity index (χ2v) is 23.2. The van der Waals surface area contributed by atoms with E-state index in [2.05, 4.69) is 67.7 Å². The minimum Gasteiger partial charge on any atom is -0.481 e. The quantitative estimate of drug-likeness (QED) is 0.0477. The first-order valence-corrected chi connectivity index (χ1v) is 22.6. The Morgan fingerprint density at radius 1 is 0.854 bits per heavy atom. The number of allylic oxidation sites excluding steroid dienone is 1. The van der Waals surface area contributed by atoms with Crippen molar-refractivity contribution in [2.75, 3.05) is 19.8 Å². The van der Waals surface area contributed by atoms with Crippen molar-refractivity contribution in [3.8, 4) is 0 Å². The molecule has 3 unspecified atom stereocenters. The van der Waals surface area contributed by atoms with Gasteiger partial charge in [-0.15, -0.1) is 0 Å². The Labute approximate surface area is 255 Å². The molecular weight excluding hydrogens is 549 g/mol. The zero-order chi connectivity index (χ0) is 31.6. The Hall–Kier alpha value is -0.966. The van der Waals surface area contributed by atoms with Crippen LogP contribution < -0.4 is 0 Å². The molecule has 0 saturated carbocycles. The van der Waals surface area contributed by atoms with Gasteiger partial charge in [0.05, 0.1) is 27.0 Å². The lowest BCUT2D eigenvalue weighted by atomic mass is 10.0. The van der Waals surface area contributed by atoms with Gasteiger partial charge in [-0.3, -0.25) is 9.59 Å². The predicted octanol–water partition coefficient (Wildman–Crippen LogP) is 9.55. The standard InChI is InChI=1S/C33H66O6Si2/c1-11-15-17-18-19-20-22-29(31(35)36)28-30(34)38-26-25-37-24-21-23-32(5,13-3)41(9,10)39-33(6,14-4)40(7,8)27-16-12-2/h20,22,29H,11-19,21,23-28H2,1-10H3,(H,35,36)/b22-20+. The second kappa shape index (κ2) is 20.1. The van der Waals surface area contributed by atoms with Crippen LogP contribution in [0.1, 0.15) is 119 Å². The molecule has 0 fully saturated rings. The Kier molecular flexibility index (Phi) is 19.6. The highest BCUT2D eigenvalue weighted by Gasteiger charge is 2.51. The van der Waals surface area contributed by atoms with Crippen LogP contribution in [0.4, 0.5) is 0 Å². The van der Waals surface area contributed by atoms with E-state index in [1.54, 1.807) is 6.08 Å². The molecule has 242 valence electrons. The van der Waals surface area contributed by atoms with Gasteiger partial charge in [0.1, 0.15) is 6.61 Å². The molecule has 0 rings (SSSR count). The van der Waals surface area contributed by atoms with E-state index in [9.17, 15) is 14.7 Å². The summed E-state index contributed by atoms with van der Waals surface area (Å²) in [6.07, 6.45) is 15.4. The maximum absolute atomic E-state index is 12.2. The van der Waals surface area contributed by atoms with E-state index in [0.29, 0.717) is 13.2 Å². The van der Waals surface area contributed by atoms with Gasteiger partial charge in [0, 0.05) is 11.8 Å². The molecule has 0 saturated heterocycles. The van der Waals surface area contributed by atoms with Crippen LogP contribution in [0.5, 0.6) is 0 Å². The molecule has 6 nitrogen and oxygen atoms in total. The van der Waals surface area contributed by atoms with Gasteiger partial charge in [-0.2, -0.15) is 0 Å². The van der Waals surface area contributed by atoms with Crippen molar-refractivity contribution in [2.24, 2.45) is 5.92 Å². The zero-order valence-corrected chi connectivity index (χ0v) is 30.5. The van der Waals surface area contributed by atoms with Crippen molar-refractivity contribution < 1.29 is 28.6 Å². The van der Waals surface area contributed by atoms with Crippen molar-refractivity contribution in [1.29, 1.82) is 0 Å². The maximum atomic E-state index is 12.2. The number of ether oxygens (including phenoxy) is 2. The lowest BCUT2D eigenvalue weighted by Crippen LogP contribution is -2.60. The Balaban J connectivity index is 4.66. The molecule has 8 heteroatoms. The van der Waals surface area contributed by atoms with Crippen LogP contribution in [-0.2, 0) is 23.5 Å². The van der Waals surface area contributed by atoms with Gasteiger partial charge >= 0.3 is 11.9 Å². The Bertz CT molecular complexity index is 769. The number of unbranched alkanes of at least 4 members (excludes halogenated alkanes) is 5.